The van der Waals surface area contributed by atoms with Gasteiger partial charge >= 0.3 is 0 Å². The van der Waals surface area contributed by atoms with Crippen molar-refractivity contribution in [3.63, 3.8) is 0 Å². The quantitative estimate of drug-likeness (QED) is 0.596. The minimum atomic E-state index is -3.66. The number of benzene rings is 1. The lowest BCUT2D eigenvalue weighted by Crippen LogP contribution is -2.18. The van der Waals surface area contributed by atoms with Crippen molar-refractivity contribution in [1.29, 1.82) is 0 Å². The van der Waals surface area contributed by atoms with Crippen molar-refractivity contribution < 1.29 is 18.4 Å². The molecule has 0 bridgehead atoms. The third-order valence-corrected chi connectivity index (χ3v) is 3.31. The number of rotatable bonds is 5. The Balaban J connectivity index is 3.02. The third-order valence-electron chi connectivity index (χ3n) is 2.04. The first-order chi connectivity index (χ1) is 7.85. The lowest BCUT2D eigenvalue weighted by Gasteiger charge is -2.07. The number of aliphatic hydroxyl groups excluding tert-OH is 1. The van der Waals surface area contributed by atoms with E-state index in [2.05, 4.69) is 4.72 Å². The number of aliphatic hydroxyl groups is 1. The molecule has 2 N–H and O–H groups in total. The Kier molecular flexibility index (Phi) is 4.02. The van der Waals surface area contributed by atoms with Crippen molar-refractivity contribution in [1.82, 2.24) is 0 Å². The summed E-state index contributed by atoms with van der Waals surface area (Å²) in [7, 11) is -3.66. The van der Waals surface area contributed by atoms with E-state index >= 15 is 0 Å². The molecule has 0 aliphatic rings. The molecule has 1 aromatic carbocycles. The summed E-state index contributed by atoms with van der Waals surface area (Å²) in [6.07, 6.45) is 0. The van der Waals surface area contributed by atoms with Gasteiger partial charge in [0.25, 0.3) is 5.69 Å². The molecule has 0 radical (unpaired) electrons. The molecular weight excluding hydrogens is 248 g/mol. The zero-order chi connectivity index (χ0) is 13.1. The Hall–Kier alpha value is -1.67. The van der Waals surface area contributed by atoms with Crippen molar-refractivity contribution in [2.75, 3.05) is 17.1 Å². The number of nitrogens with zero attached hydrogens (tertiary/aromatic N) is 1. The number of anilines is 1. The first-order valence-electron chi connectivity index (χ1n) is 4.72. The molecule has 0 spiro atoms. The average molecular weight is 260 g/mol. The number of hydrogen-bond acceptors (Lipinski definition) is 5. The monoisotopic (exact) mass is 260 g/mol. The number of nitrogens with one attached hydrogen (secondary N) is 1. The van der Waals surface area contributed by atoms with Crippen molar-refractivity contribution in [3.05, 3.63) is 33.9 Å². The molecule has 7 nitrogen and oxygen atoms in total. The zero-order valence-electron chi connectivity index (χ0n) is 9.08. The number of nitro benzene ring substituents is 1. The summed E-state index contributed by atoms with van der Waals surface area (Å²) >= 11 is 0. The molecule has 0 aromatic heterocycles. The molecule has 0 aliphatic heterocycles. The Bertz CT molecular complexity index is 526. The fourth-order valence-corrected chi connectivity index (χ4v) is 2.05. The van der Waals surface area contributed by atoms with Crippen LogP contribution in [-0.4, -0.2) is 30.8 Å². The van der Waals surface area contributed by atoms with E-state index in [4.69, 9.17) is 5.11 Å². The highest BCUT2D eigenvalue weighted by Crippen LogP contribution is 2.22. The standard InChI is InChI=1S/C9H12N2O5S/c1-7-2-3-8(6-9(7)11(13)14)10-17(15,16)5-4-12/h2-3,6,10,12H,4-5H2,1H3. The van der Waals surface area contributed by atoms with Crippen LogP contribution >= 0.6 is 0 Å². The Labute approximate surface area is 98.3 Å². The lowest BCUT2D eigenvalue weighted by molar-refractivity contribution is -0.385. The van der Waals surface area contributed by atoms with Gasteiger partial charge in [0.2, 0.25) is 10.0 Å². The summed E-state index contributed by atoms with van der Waals surface area (Å²) < 4.78 is 24.8. The van der Waals surface area contributed by atoms with Crippen LogP contribution in [0.2, 0.25) is 0 Å². The second-order valence-electron chi connectivity index (χ2n) is 3.40. The highest BCUT2D eigenvalue weighted by molar-refractivity contribution is 7.92. The van der Waals surface area contributed by atoms with Gasteiger partial charge in [-0.15, -0.1) is 0 Å². The topological polar surface area (TPSA) is 110 Å². The predicted octanol–water partition coefficient (Wildman–Crippen LogP) is 0.637. The SMILES string of the molecule is Cc1ccc(NS(=O)(=O)CCO)cc1[N+](=O)[O-]. The van der Waals surface area contributed by atoms with Gasteiger partial charge < -0.3 is 5.11 Å². The van der Waals surface area contributed by atoms with Crippen molar-refractivity contribution in [3.8, 4) is 0 Å². The molecule has 1 aromatic rings. The molecule has 0 amide bonds. The van der Waals surface area contributed by atoms with E-state index in [-0.39, 0.29) is 11.4 Å². The van der Waals surface area contributed by atoms with Gasteiger partial charge in [-0.25, -0.2) is 8.42 Å². The smallest absolute Gasteiger partial charge is 0.274 e. The predicted molar refractivity (Wildman–Crippen MR) is 62.3 cm³/mol. The first-order valence-corrected chi connectivity index (χ1v) is 6.37. The highest BCUT2D eigenvalue weighted by atomic mass is 32.2. The van der Waals surface area contributed by atoms with Gasteiger partial charge in [-0.2, -0.15) is 0 Å². The molecule has 0 unspecified atom stereocenters. The maximum atomic E-state index is 11.3. The van der Waals surface area contributed by atoms with Gasteiger partial charge in [-0.3, -0.25) is 14.8 Å². The van der Waals surface area contributed by atoms with Crippen LogP contribution in [-0.2, 0) is 10.0 Å². The van der Waals surface area contributed by atoms with Crippen LogP contribution in [0.3, 0.4) is 0 Å². The molecule has 0 atom stereocenters. The second-order valence-corrected chi connectivity index (χ2v) is 5.24. The minimum absolute atomic E-state index is 0.107. The summed E-state index contributed by atoms with van der Waals surface area (Å²) in [6, 6.07) is 4.02. The van der Waals surface area contributed by atoms with Gasteiger partial charge in [-0.05, 0) is 13.0 Å². The summed E-state index contributed by atoms with van der Waals surface area (Å²) in [4.78, 5) is 10.1. The molecule has 17 heavy (non-hydrogen) atoms. The van der Waals surface area contributed by atoms with E-state index in [1.54, 1.807) is 6.92 Å². The van der Waals surface area contributed by atoms with E-state index in [9.17, 15) is 18.5 Å². The van der Waals surface area contributed by atoms with Crippen molar-refractivity contribution in [2.45, 2.75) is 6.92 Å². The fourth-order valence-electron chi connectivity index (χ4n) is 1.22. The highest BCUT2D eigenvalue weighted by Gasteiger charge is 2.14. The van der Waals surface area contributed by atoms with E-state index in [0.717, 1.165) is 6.07 Å². The lowest BCUT2D eigenvalue weighted by atomic mass is 10.2. The van der Waals surface area contributed by atoms with Crippen molar-refractivity contribution in [2.24, 2.45) is 0 Å². The second kappa shape index (κ2) is 5.11. The molecule has 0 heterocycles. The molecule has 0 saturated heterocycles. The van der Waals surface area contributed by atoms with Gasteiger partial charge in [0, 0.05) is 11.6 Å². The average Bonchev–Trinajstić information content (AvgIpc) is 2.20. The van der Waals surface area contributed by atoms with Crippen LogP contribution in [0, 0.1) is 17.0 Å². The molecular formula is C9H12N2O5S. The summed E-state index contributed by atoms with van der Waals surface area (Å²) in [6.45, 7) is 1.05. The molecule has 8 heteroatoms. The van der Waals surface area contributed by atoms with Gasteiger partial charge in [0.1, 0.15) is 0 Å². The third kappa shape index (κ3) is 3.68. The van der Waals surface area contributed by atoms with E-state index < -0.39 is 27.3 Å². The number of sulfonamides is 1. The number of hydrogen-bond donors (Lipinski definition) is 2. The summed E-state index contributed by atoms with van der Waals surface area (Å²) in [5, 5.41) is 19.2. The van der Waals surface area contributed by atoms with Crippen LogP contribution in [0.5, 0.6) is 0 Å². The summed E-state index contributed by atoms with van der Waals surface area (Å²) in [5.74, 6) is -0.450. The molecule has 0 aliphatic carbocycles. The normalized spacial score (nSPS) is 11.2. The fraction of sp³-hybridized carbons (Fsp3) is 0.333. The summed E-state index contributed by atoms with van der Waals surface area (Å²) in [5.41, 5.74) is 0.394. The molecule has 1 rings (SSSR count). The molecule has 0 fully saturated rings. The molecule has 94 valence electrons. The van der Waals surface area contributed by atoms with E-state index in [1.807, 2.05) is 0 Å². The maximum absolute atomic E-state index is 11.3. The van der Waals surface area contributed by atoms with Gasteiger partial charge in [0.05, 0.1) is 23.0 Å². The molecule has 0 saturated carbocycles. The van der Waals surface area contributed by atoms with E-state index in [0.29, 0.717) is 5.56 Å². The Morgan fingerprint density at radius 3 is 2.65 bits per heavy atom. The number of aryl methyl sites for hydroxylation is 1. The van der Waals surface area contributed by atoms with Crippen LogP contribution in [0.25, 0.3) is 0 Å². The Morgan fingerprint density at radius 2 is 2.12 bits per heavy atom. The van der Waals surface area contributed by atoms with Crippen LogP contribution in [0.4, 0.5) is 11.4 Å². The van der Waals surface area contributed by atoms with Gasteiger partial charge in [0.15, 0.2) is 0 Å². The van der Waals surface area contributed by atoms with Crippen LogP contribution in [0.1, 0.15) is 5.56 Å². The van der Waals surface area contributed by atoms with Gasteiger partial charge in [-0.1, -0.05) is 6.07 Å². The largest absolute Gasteiger partial charge is 0.395 e. The zero-order valence-corrected chi connectivity index (χ0v) is 9.90. The minimum Gasteiger partial charge on any atom is -0.395 e. The first kappa shape index (κ1) is 13.4. The van der Waals surface area contributed by atoms with Crippen molar-refractivity contribution >= 4 is 21.4 Å². The van der Waals surface area contributed by atoms with E-state index in [1.165, 1.54) is 12.1 Å². The maximum Gasteiger partial charge on any atom is 0.274 e. The van der Waals surface area contributed by atoms with Crippen LogP contribution in [0.15, 0.2) is 18.2 Å². The van der Waals surface area contributed by atoms with Crippen LogP contribution < -0.4 is 4.72 Å². The Morgan fingerprint density at radius 1 is 1.47 bits per heavy atom. The number of nitro groups is 1.